The number of ether oxygens (including phenoxy) is 2. The number of hydrogen-bond donors (Lipinski definition) is 1. The number of alkyl halides is 3. The van der Waals surface area contributed by atoms with Gasteiger partial charge in [-0.25, -0.2) is 9.59 Å². The maximum absolute atomic E-state index is 14.8. The SMILES string of the molecule is CCOC(=O)C1=C2Sc3ccccc3N2C(=O)NC1(c1ccc(OC)cc1)C(F)(F)F. The third-order valence-electron chi connectivity index (χ3n) is 5.03. The van der Waals surface area contributed by atoms with Gasteiger partial charge in [0.2, 0.25) is 0 Å². The quantitative estimate of drug-likeness (QED) is 0.692. The van der Waals surface area contributed by atoms with Crippen LogP contribution in [0.3, 0.4) is 0 Å². The second-order valence-electron chi connectivity index (χ2n) is 6.71. The largest absolute Gasteiger partial charge is 0.497 e. The Morgan fingerprint density at radius 3 is 2.45 bits per heavy atom. The van der Waals surface area contributed by atoms with E-state index in [0.29, 0.717) is 16.3 Å². The van der Waals surface area contributed by atoms with Gasteiger partial charge in [-0.2, -0.15) is 13.2 Å². The zero-order valence-electron chi connectivity index (χ0n) is 16.4. The Bertz CT molecular complexity index is 1080. The summed E-state index contributed by atoms with van der Waals surface area (Å²) in [6, 6.07) is 10.7. The minimum absolute atomic E-state index is 0.127. The highest BCUT2D eigenvalue weighted by atomic mass is 32.2. The van der Waals surface area contributed by atoms with Crippen LogP contribution in [0.25, 0.3) is 0 Å². The van der Waals surface area contributed by atoms with Crippen molar-refractivity contribution < 1.29 is 32.2 Å². The topological polar surface area (TPSA) is 67.9 Å². The molecule has 0 spiro atoms. The summed E-state index contributed by atoms with van der Waals surface area (Å²) >= 11 is 0.926. The maximum atomic E-state index is 14.8. The lowest BCUT2D eigenvalue weighted by atomic mass is 9.80. The van der Waals surface area contributed by atoms with Crippen molar-refractivity contribution in [2.45, 2.75) is 23.5 Å². The fraction of sp³-hybridized carbons (Fsp3) is 0.238. The molecule has 0 bridgehead atoms. The first-order chi connectivity index (χ1) is 14.7. The number of rotatable bonds is 4. The van der Waals surface area contributed by atoms with Crippen molar-refractivity contribution in [2.24, 2.45) is 0 Å². The summed E-state index contributed by atoms with van der Waals surface area (Å²) in [5, 5.41) is 1.95. The number of methoxy groups -OCH3 is 1. The number of halogens is 3. The lowest BCUT2D eigenvalue weighted by Crippen LogP contribution is -2.64. The predicted molar refractivity (Wildman–Crippen MR) is 108 cm³/mol. The molecule has 1 atom stereocenters. The number of hydrogen-bond acceptors (Lipinski definition) is 5. The van der Waals surface area contributed by atoms with Gasteiger partial charge in [0.05, 0.1) is 19.4 Å². The van der Waals surface area contributed by atoms with Gasteiger partial charge >= 0.3 is 18.2 Å². The fourth-order valence-electron chi connectivity index (χ4n) is 3.67. The molecule has 0 aliphatic carbocycles. The summed E-state index contributed by atoms with van der Waals surface area (Å²) in [6.45, 7) is 1.37. The van der Waals surface area contributed by atoms with Crippen LogP contribution in [-0.2, 0) is 15.1 Å². The van der Waals surface area contributed by atoms with E-state index in [-0.39, 0.29) is 17.2 Å². The smallest absolute Gasteiger partial charge is 0.420 e. The van der Waals surface area contributed by atoms with Gasteiger partial charge < -0.3 is 14.8 Å². The average molecular weight is 450 g/mol. The van der Waals surface area contributed by atoms with E-state index < -0.39 is 29.3 Å². The molecule has 31 heavy (non-hydrogen) atoms. The molecule has 6 nitrogen and oxygen atoms in total. The first kappa shape index (κ1) is 21.1. The van der Waals surface area contributed by atoms with E-state index in [4.69, 9.17) is 9.47 Å². The van der Waals surface area contributed by atoms with Crippen LogP contribution in [0.2, 0.25) is 0 Å². The van der Waals surface area contributed by atoms with Crippen molar-refractivity contribution >= 4 is 29.4 Å². The molecule has 0 saturated heterocycles. The van der Waals surface area contributed by atoms with Crippen molar-refractivity contribution in [1.29, 1.82) is 0 Å². The van der Waals surface area contributed by atoms with Gasteiger partial charge in [0.1, 0.15) is 16.4 Å². The molecule has 162 valence electrons. The number of carbonyl (C=O) groups excluding carboxylic acids is 2. The Morgan fingerprint density at radius 2 is 1.84 bits per heavy atom. The molecule has 1 N–H and O–H groups in total. The molecule has 0 saturated carbocycles. The molecule has 2 heterocycles. The molecule has 1 unspecified atom stereocenters. The number of esters is 1. The lowest BCUT2D eigenvalue weighted by molar-refractivity contribution is -0.190. The summed E-state index contributed by atoms with van der Waals surface area (Å²) in [7, 11) is 1.38. The van der Waals surface area contributed by atoms with E-state index in [2.05, 4.69) is 5.32 Å². The number of thioether (sulfide) groups is 1. The van der Waals surface area contributed by atoms with Gasteiger partial charge in [0, 0.05) is 4.90 Å². The second-order valence-corrected chi connectivity index (χ2v) is 7.74. The highest BCUT2D eigenvalue weighted by molar-refractivity contribution is 8.03. The Labute approximate surface area is 180 Å². The number of amides is 2. The highest BCUT2D eigenvalue weighted by Crippen LogP contribution is 2.56. The molecule has 2 aromatic rings. The highest BCUT2D eigenvalue weighted by Gasteiger charge is 2.66. The molecule has 0 radical (unpaired) electrons. The van der Waals surface area contributed by atoms with Gasteiger partial charge in [-0.1, -0.05) is 36.0 Å². The summed E-state index contributed by atoms with van der Waals surface area (Å²) in [4.78, 5) is 27.6. The molecule has 0 fully saturated rings. The third-order valence-corrected chi connectivity index (χ3v) is 6.18. The van der Waals surface area contributed by atoms with Crippen LogP contribution in [0.1, 0.15) is 12.5 Å². The van der Waals surface area contributed by atoms with E-state index in [1.807, 2.05) is 0 Å². The van der Waals surface area contributed by atoms with Crippen LogP contribution >= 0.6 is 11.8 Å². The van der Waals surface area contributed by atoms with E-state index in [1.165, 1.54) is 38.3 Å². The van der Waals surface area contributed by atoms with Crippen molar-refractivity contribution in [3.05, 3.63) is 64.7 Å². The number of nitrogens with zero attached hydrogens (tertiary/aromatic N) is 1. The van der Waals surface area contributed by atoms with E-state index in [1.54, 1.807) is 24.3 Å². The normalized spacial score (nSPS) is 20.2. The number of anilines is 1. The van der Waals surface area contributed by atoms with Gasteiger partial charge in [0.15, 0.2) is 5.54 Å². The van der Waals surface area contributed by atoms with Crippen LogP contribution in [-0.4, -0.2) is 31.9 Å². The van der Waals surface area contributed by atoms with Crippen molar-refractivity contribution in [3.8, 4) is 5.75 Å². The summed E-state index contributed by atoms with van der Waals surface area (Å²) in [6.07, 6.45) is -5.05. The number of carbonyl (C=O) groups is 2. The zero-order chi connectivity index (χ0) is 22.4. The minimum Gasteiger partial charge on any atom is -0.497 e. The van der Waals surface area contributed by atoms with Crippen LogP contribution < -0.4 is 15.0 Å². The molecule has 10 heteroatoms. The second kappa shape index (κ2) is 7.52. The molecular weight excluding hydrogens is 433 g/mol. The van der Waals surface area contributed by atoms with Gasteiger partial charge in [0.25, 0.3) is 0 Å². The first-order valence-electron chi connectivity index (χ1n) is 9.27. The summed E-state index contributed by atoms with van der Waals surface area (Å²) in [5.41, 5.74) is -3.72. The number of nitrogens with one attached hydrogen (secondary N) is 1. The van der Waals surface area contributed by atoms with Gasteiger partial charge in [-0.3, -0.25) is 4.90 Å². The fourth-order valence-corrected chi connectivity index (χ4v) is 4.90. The standard InChI is InChI=1S/C21H17F3N2O4S/c1-3-30-18(27)16-17-26(14-6-4-5-7-15(14)31-17)19(28)25-20(16,21(22,23)24)12-8-10-13(29-2)11-9-12/h4-11H,3H2,1-2H3,(H,25,28). The van der Waals surface area contributed by atoms with Crippen molar-refractivity contribution in [1.82, 2.24) is 5.32 Å². The lowest BCUT2D eigenvalue weighted by Gasteiger charge is -2.43. The van der Waals surface area contributed by atoms with Crippen molar-refractivity contribution in [3.63, 3.8) is 0 Å². The monoisotopic (exact) mass is 450 g/mol. The average Bonchev–Trinajstić information content (AvgIpc) is 3.12. The van der Waals surface area contributed by atoms with E-state index in [9.17, 15) is 22.8 Å². The van der Waals surface area contributed by atoms with Crippen LogP contribution in [0.4, 0.5) is 23.7 Å². The molecule has 2 aliphatic rings. The van der Waals surface area contributed by atoms with E-state index >= 15 is 0 Å². The molecule has 2 aromatic carbocycles. The Balaban J connectivity index is 2.03. The van der Waals surface area contributed by atoms with Gasteiger partial charge in [-0.15, -0.1) is 0 Å². The van der Waals surface area contributed by atoms with Crippen LogP contribution in [0.5, 0.6) is 5.75 Å². The maximum Gasteiger partial charge on any atom is 0.420 e. The van der Waals surface area contributed by atoms with Crippen molar-refractivity contribution in [2.75, 3.05) is 18.6 Å². The number of fused-ring (bicyclic) bond motifs is 3. The molecule has 4 rings (SSSR count). The van der Waals surface area contributed by atoms with Crippen LogP contribution in [0, 0.1) is 0 Å². The number of benzene rings is 2. The molecule has 2 amide bonds. The molecule has 0 aromatic heterocycles. The minimum atomic E-state index is -5.05. The number of para-hydroxylation sites is 1. The Kier molecular flexibility index (Phi) is 5.12. The summed E-state index contributed by atoms with van der Waals surface area (Å²) in [5.74, 6) is -0.825. The van der Waals surface area contributed by atoms with Gasteiger partial charge in [-0.05, 0) is 36.8 Å². The van der Waals surface area contributed by atoms with Crippen LogP contribution in [0.15, 0.2) is 64.0 Å². The Hall–Kier alpha value is -3.14. The molecule has 2 aliphatic heterocycles. The zero-order valence-corrected chi connectivity index (χ0v) is 17.3. The van der Waals surface area contributed by atoms with E-state index in [0.717, 1.165) is 16.7 Å². The first-order valence-corrected chi connectivity index (χ1v) is 10.1. The molecular formula is C21H17F3N2O4S. The Morgan fingerprint density at radius 1 is 1.16 bits per heavy atom. The number of urea groups is 1. The third kappa shape index (κ3) is 3.13. The predicted octanol–water partition coefficient (Wildman–Crippen LogP) is 4.56. The summed E-state index contributed by atoms with van der Waals surface area (Å²) < 4.78 is 54.3.